The van der Waals surface area contributed by atoms with Crippen molar-refractivity contribution in [2.24, 2.45) is 0 Å². The van der Waals surface area contributed by atoms with Gasteiger partial charge in [-0.2, -0.15) is 0 Å². The first-order chi connectivity index (χ1) is 48.3. The maximum atomic E-state index is 13.5. The molecule has 3 aliphatic heterocycles. The van der Waals surface area contributed by atoms with Crippen molar-refractivity contribution < 1.29 is 89.4 Å². The highest BCUT2D eigenvalue weighted by atomic mass is 16.8. The standard InChI is InChI=1S/C80H145NO18/c1-3-5-7-9-11-13-15-17-19-21-23-24-25-26-27-28-29-30-31-32-33-34-35-36-37-38-40-42-44-46-48-50-52-54-56-58-68(86)81-63(64(85)57-55-53-51-49-47-45-43-41-39-22-20-18-16-14-12-10-8-6-4-2)62-94-78-74(92)71(89)76(66(60-83)96-78)99-80-75(93)72(90)77(67(61-84)97-80)98-79-73(91)70(88)69(87)65(59-82)95-79/h15,17,21,23,25-26,47,49,55,57,63-67,69-80,82-85,87-93H,3-14,16,18-20,22,24,27-46,48,50-54,56,58-62H2,1-2H3,(H,81,86)/b17-15-,23-21-,26-25-,49-47+,57-55+. The molecule has 99 heavy (non-hydrogen) atoms. The van der Waals surface area contributed by atoms with Crippen LogP contribution in [0.1, 0.15) is 309 Å². The number of aliphatic hydroxyl groups is 11. The third-order valence-electron chi connectivity index (χ3n) is 19.8. The van der Waals surface area contributed by atoms with Crippen molar-refractivity contribution in [1.82, 2.24) is 5.32 Å². The highest BCUT2D eigenvalue weighted by Crippen LogP contribution is 2.33. The molecule has 3 saturated heterocycles. The van der Waals surface area contributed by atoms with Gasteiger partial charge in [0.15, 0.2) is 18.9 Å². The number of ether oxygens (including phenoxy) is 6. The van der Waals surface area contributed by atoms with Crippen molar-refractivity contribution in [2.45, 2.75) is 413 Å². The van der Waals surface area contributed by atoms with Gasteiger partial charge >= 0.3 is 0 Å². The second-order valence-electron chi connectivity index (χ2n) is 28.5. The summed E-state index contributed by atoms with van der Waals surface area (Å²) in [6.45, 7) is 1.73. The molecule has 17 unspecified atom stereocenters. The molecular weight excluding hydrogens is 1260 g/mol. The van der Waals surface area contributed by atoms with Gasteiger partial charge in [-0.25, -0.2) is 0 Å². The minimum absolute atomic E-state index is 0.237. The van der Waals surface area contributed by atoms with Crippen molar-refractivity contribution >= 4 is 5.91 Å². The summed E-state index contributed by atoms with van der Waals surface area (Å²) in [5.41, 5.74) is 0. The fourth-order valence-electron chi connectivity index (χ4n) is 13.3. The van der Waals surface area contributed by atoms with Crippen molar-refractivity contribution in [3.8, 4) is 0 Å². The molecule has 3 rings (SSSR count). The third-order valence-corrected chi connectivity index (χ3v) is 19.8. The van der Waals surface area contributed by atoms with Crippen LogP contribution in [0.15, 0.2) is 60.8 Å². The number of allylic oxidation sites excluding steroid dienone is 9. The smallest absolute Gasteiger partial charge is 0.220 e. The highest BCUT2D eigenvalue weighted by Gasteiger charge is 2.54. The van der Waals surface area contributed by atoms with Crippen molar-refractivity contribution in [2.75, 3.05) is 26.4 Å². The monoisotopic (exact) mass is 1410 g/mol. The highest BCUT2D eigenvalue weighted by molar-refractivity contribution is 5.76. The van der Waals surface area contributed by atoms with E-state index < -0.39 is 124 Å². The Kier molecular flexibility index (Phi) is 55.6. The molecule has 19 nitrogen and oxygen atoms in total. The summed E-state index contributed by atoms with van der Waals surface area (Å²) in [5, 5.41) is 121. The summed E-state index contributed by atoms with van der Waals surface area (Å²) >= 11 is 0. The molecule has 0 saturated carbocycles. The Morgan fingerprint density at radius 3 is 1.08 bits per heavy atom. The topological polar surface area (TPSA) is 307 Å². The first-order valence-electron chi connectivity index (χ1n) is 40.0. The van der Waals surface area contributed by atoms with Crippen LogP contribution >= 0.6 is 0 Å². The van der Waals surface area contributed by atoms with E-state index in [0.29, 0.717) is 12.8 Å². The van der Waals surface area contributed by atoms with E-state index in [1.54, 1.807) is 6.08 Å². The van der Waals surface area contributed by atoms with Gasteiger partial charge < -0.3 is 89.9 Å². The molecule has 0 bridgehead atoms. The number of amides is 1. The fourth-order valence-corrected chi connectivity index (χ4v) is 13.3. The van der Waals surface area contributed by atoms with Crippen molar-refractivity contribution in [1.29, 1.82) is 0 Å². The maximum Gasteiger partial charge on any atom is 0.220 e. The minimum Gasteiger partial charge on any atom is -0.394 e. The van der Waals surface area contributed by atoms with Crippen LogP contribution in [0.3, 0.4) is 0 Å². The lowest BCUT2D eigenvalue weighted by molar-refractivity contribution is -0.379. The molecule has 17 atom stereocenters. The van der Waals surface area contributed by atoms with Crippen LogP contribution in [-0.4, -0.2) is 193 Å². The zero-order valence-corrected chi connectivity index (χ0v) is 61.7. The Hall–Kier alpha value is -2.51. The average molecular weight is 1410 g/mol. The zero-order valence-electron chi connectivity index (χ0n) is 61.7. The molecule has 19 heteroatoms. The van der Waals surface area contributed by atoms with Gasteiger partial charge in [0.1, 0.15) is 73.2 Å². The number of hydrogen-bond donors (Lipinski definition) is 12. The van der Waals surface area contributed by atoms with Gasteiger partial charge in [0.2, 0.25) is 5.91 Å². The summed E-state index contributed by atoms with van der Waals surface area (Å²) in [7, 11) is 0. The van der Waals surface area contributed by atoms with Crippen LogP contribution in [0.5, 0.6) is 0 Å². The van der Waals surface area contributed by atoms with Crippen LogP contribution < -0.4 is 5.32 Å². The van der Waals surface area contributed by atoms with E-state index in [1.165, 1.54) is 225 Å². The zero-order chi connectivity index (χ0) is 71.8. The SMILES string of the molecule is CCCCCCC/C=C\C/C=C\C/C=C\CCCCCCCCCCCCCCCCCCCCCCC(=O)NC(COC1OC(CO)C(OC2OC(CO)C(OC3OC(CO)C(O)C(O)C3O)C(O)C2O)C(O)C1O)C(O)/C=C/CC/C=C/CCCCCCCCCCCCCCC. The second-order valence-corrected chi connectivity index (χ2v) is 28.5. The summed E-state index contributed by atoms with van der Waals surface area (Å²) in [6, 6.07) is -0.991. The molecule has 3 heterocycles. The Morgan fingerprint density at radius 1 is 0.364 bits per heavy atom. The predicted octanol–water partition coefficient (Wildman–Crippen LogP) is 13.1. The van der Waals surface area contributed by atoms with Gasteiger partial charge in [-0.05, 0) is 70.6 Å². The third kappa shape index (κ3) is 41.1. The van der Waals surface area contributed by atoms with Crippen molar-refractivity contribution in [3.05, 3.63) is 60.8 Å². The van der Waals surface area contributed by atoms with E-state index in [4.69, 9.17) is 28.4 Å². The Balaban J connectivity index is 1.35. The summed E-state index contributed by atoms with van der Waals surface area (Å²) < 4.78 is 34.4. The quantitative estimate of drug-likeness (QED) is 0.0199. The van der Waals surface area contributed by atoms with E-state index in [-0.39, 0.29) is 18.9 Å². The molecule has 0 spiro atoms. The molecule has 0 aromatic carbocycles. The molecule has 0 aromatic heterocycles. The van der Waals surface area contributed by atoms with Crippen LogP contribution in [-0.2, 0) is 33.2 Å². The summed E-state index contributed by atoms with van der Waals surface area (Å²) in [6.07, 6.45) is 50.7. The number of carbonyl (C=O) groups is 1. The van der Waals surface area contributed by atoms with E-state index >= 15 is 0 Å². The van der Waals surface area contributed by atoms with Crippen LogP contribution in [0, 0.1) is 0 Å². The van der Waals surface area contributed by atoms with Gasteiger partial charge in [0, 0.05) is 6.42 Å². The van der Waals surface area contributed by atoms with Gasteiger partial charge in [-0.3, -0.25) is 4.79 Å². The molecule has 3 aliphatic rings. The fraction of sp³-hybridized carbons (Fsp3) is 0.863. The summed E-state index contributed by atoms with van der Waals surface area (Å²) in [5.74, 6) is -0.282. The molecule has 3 fully saturated rings. The molecule has 0 radical (unpaired) electrons. The van der Waals surface area contributed by atoms with Crippen LogP contribution in [0.25, 0.3) is 0 Å². The number of aliphatic hydroxyl groups excluding tert-OH is 11. The Bertz CT molecular complexity index is 2020. The van der Waals surface area contributed by atoms with Crippen LogP contribution in [0.2, 0.25) is 0 Å². The minimum atomic E-state index is -1.98. The predicted molar refractivity (Wildman–Crippen MR) is 392 cm³/mol. The number of unbranched alkanes of at least 4 members (excludes halogenated alkanes) is 39. The number of nitrogens with one attached hydrogen (secondary N) is 1. The normalized spacial score (nSPS) is 26.9. The molecular formula is C80H145NO18. The first-order valence-corrected chi connectivity index (χ1v) is 40.0. The second kappa shape index (κ2) is 60.7. The van der Waals surface area contributed by atoms with E-state index in [0.717, 1.165) is 51.4 Å². The number of hydrogen-bond acceptors (Lipinski definition) is 18. The molecule has 1 amide bonds. The first kappa shape index (κ1) is 90.7. The molecule has 0 aliphatic carbocycles. The average Bonchev–Trinajstić information content (AvgIpc) is 0.784. The molecule has 578 valence electrons. The van der Waals surface area contributed by atoms with Gasteiger partial charge in [-0.1, -0.05) is 293 Å². The van der Waals surface area contributed by atoms with Gasteiger partial charge in [0.05, 0.1) is 38.6 Å². The maximum absolute atomic E-state index is 13.5. The number of carbonyl (C=O) groups excluding carboxylic acids is 1. The molecule has 12 N–H and O–H groups in total. The van der Waals surface area contributed by atoms with Crippen LogP contribution in [0.4, 0.5) is 0 Å². The van der Waals surface area contributed by atoms with Crippen molar-refractivity contribution in [3.63, 3.8) is 0 Å². The number of rotatable bonds is 63. The molecule has 0 aromatic rings. The lowest BCUT2D eigenvalue weighted by atomic mass is 9.96. The van der Waals surface area contributed by atoms with Gasteiger partial charge in [0.25, 0.3) is 0 Å². The Morgan fingerprint density at radius 2 is 0.677 bits per heavy atom. The lowest BCUT2D eigenvalue weighted by Crippen LogP contribution is -2.66. The summed E-state index contributed by atoms with van der Waals surface area (Å²) in [4.78, 5) is 13.5. The lowest BCUT2D eigenvalue weighted by Gasteiger charge is -2.48. The largest absolute Gasteiger partial charge is 0.394 e. The van der Waals surface area contributed by atoms with Gasteiger partial charge in [-0.15, -0.1) is 0 Å². The van der Waals surface area contributed by atoms with E-state index in [2.05, 4.69) is 67.8 Å². The van der Waals surface area contributed by atoms with E-state index in [1.807, 2.05) is 6.08 Å². The Labute approximate surface area is 598 Å². The van der Waals surface area contributed by atoms with E-state index in [9.17, 15) is 61.0 Å².